The number of carbonyl (C=O) groups is 1. The van der Waals surface area contributed by atoms with Crippen molar-refractivity contribution in [3.05, 3.63) is 0 Å². The smallest absolute Gasteiger partial charge is 0.221 e. The third kappa shape index (κ3) is 1.18. The molecule has 1 heterocycles. The lowest BCUT2D eigenvalue weighted by Gasteiger charge is -2.37. The first-order valence-electron chi connectivity index (χ1n) is 5.26. The molecule has 0 aromatic heterocycles. The number of amides is 1. The van der Waals surface area contributed by atoms with Crippen LogP contribution in [-0.2, 0) is 4.79 Å². The first kappa shape index (κ1) is 9.04. The third-order valence-electron chi connectivity index (χ3n) is 4.13. The molecule has 0 aromatic carbocycles. The van der Waals surface area contributed by atoms with Gasteiger partial charge >= 0.3 is 0 Å². The van der Waals surface area contributed by atoms with Crippen LogP contribution in [0.15, 0.2) is 0 Å². The molecule has 2 nitrogen and oxygen atoms in total. The standard InChI is InChI=1S/C11H19NO/c1-8-4-5-11(6-8)7-9(13)12-10(11,2)3/h8H,4-7H2,1-3H3,(H,12,13). The lowest BCUT2D eigenvalue weighted by Crippen LogP contribution is -2.45. The van der Waals surface area contributed by atoms with Gasteiger partial charge in [0.1, 0.15) is 0 Å². The van der Waals surface area contributed by atoms with Gasteiger partial charge in [0, 0.05) is 17.4 Å². The van der Waals surface area contributed by atoms with Crippen molar-refractivity contribution in [2.45, 2.75) is 52.0 Å². The Balaban J connectivity index is 2.27. The molecule has 0 bridgehead atoms. The van der Waals surface area contributed by atoms with Gasteiger partial charge in [-0.1, -0.05) is 13.3 Å². The highest BCUT2D eigenvalue weighted by Crippen LogP contribution is 2.53. The van der Waals surface area contributed by atoms with Gasteiger partial charge in [-0.25, -0.2) is 0 Å². The predicted octanol–water partition coefficient (Wildman–Crippen LogP) is 2.09. The first-order chi connectivity index (χ1) is 5.95. The fourth-order valence-corrected chi connectivity index (χ4v) is 3.18. The zero-order valence-corrected chi connectivity index (χ0v) is 8.81. The second-order valence-corrected chi connectivity index (χ2v) is 5.48. The molecule has 1 spiro atoms. The predicted molar refractivity (Wildman–Crippen MR) is 52.3 cm³/mol. The van der Waals surface area contributed by atoms with E-state index in [4.69, 9.17) is 0 Å². The summed E-state index contributed by atoms with van der Waals surface area (Å²) in [6.45, 7) is 6.65. The average Bonchev–Trinajstić information content (AvgIpc) is 2.39. The Morgan fingerprint density at radius 2 is 2.15 bits per heavy atom. The van der Waals surface area contributed by atoms with Gasteiger partial charge in [0.25, 0.3) is 0 Å². The zero-order valence-electron chi connectivity index (χ0n) is 8.81. The van der Waals surface area contributed by atoms with Crippen molar-refractivity contribution in [1.29, 1.82) is 0 Å². The number of rotatable bonds is 0. The minimum absolute atomic E-state index is 0.0227. The summed E-state index contributed by atoms with van der Waals surface area (Å²) >= 11 is 0. The summed E-state index contributed by atoms with van der Waals surface area (Å²) in [5, 5.41) is 3.11. The highest BCUT2D eigenvalue weighted by molar-refractivity contribution is 5.81. The Bertz CT molecular complexity index is 246. The van der Waals surface area contributed by atoms with Crippen molar-refractivity contribution in [1.82, 2.24) is 5.32 Å². The van der Waals surface area contributed by atoms with E-state index in [0.29, 0.717) is 0 Å². The van der Waals surface area contributed by atoms with Crippen LogP contribution in [0.3, 0.4) is 0 Å². The van der Waals surface area contributed by atoms with E-state index in [2.05, 4.69) is 26.1 Å². The van der Waals surface area contributed by atoms with E-state index >= 15 is 0 Å². The third-order valence-corrected chi connectivity index (χ3v) is 4.13. The topological polar surface area (TPSA) is 29.1 Å². The summed E-state index contributed by atoms with van der Waals surface area (Å²) in [7, 11) is 0. The summed E-state index contributed by atoms with van der Waals surface area (Å²) in [4.78, 5) is 11.4. The summed E-state index contributed by atoms with van der Waals surface area (Å²) in [6.07, 6.45) is 4.49. The molecule has 1 aliphatic carbocycles. The molecule has 2 atom stereocenters. The molecule has 1 aliphatic heterocycles. The number of nitrogens with one attached hydrogen (secondary N) is 1. The Labute approximate surface area is 80.1 Å². The van der Waals surface area contributed by atoms with E-state index in [0.717, 1.165) is 12.3 Å². The van der Waals surface area contributed by atoms with Crippen LogP contribution in [0, 0.1) is 11.3 Å². The molecule has 1 amide bonds. The molecular weight excluding hydrogens is 162 g/mol. The van der Waals surface area contributed by atoms with Gasteiger partial charge in [-0.05, 0) is 32.6 Å². The van der Waals surface area contributed by atoms with E-state index in [9.17, 15) is 4.79 Å². The van der Waals surface area contributed by atoms with E-state index in [1.165, 1.54) is 19.3 Å². The second-order valence-electron chi connectivity index (χ2n) is 5.48. The van der Waals surface area contributed by atoms with Crippen LogP contribution in [0.5, 0.6) is 0 Å². The lowest BCUT2D eigenvalue weighted by atomic mass is 9.70. The van der Waals surface area contributed by atoms with Crippen molar-refractivity contribution in [3.8, 4) is 0 Å². The zero-order chi connectivity index (χ0) is 9.69. The molecule has 2 heteroatoms. The molecule has 13 heavy (non-hydrogen) atoms. The van der Waals surface area contributed by atoms with Crippen LogP contribution < -0.4 is 5.32 Å². The van der Waals surface area contributed by atoms with Crippen LogP contribution >= 0.6 is 0 Å². The summed E-state index contributed by atoms with van der Waals surface area (Å²) in [5.74, 6) is 1.05. The molecule has 0 radical (unpaired) electrons. The van der Waals surface area contributed by atoms with Gasteiger partial charge in [-0.15, -0.1) is 0 Å². The van der Waals surface area contributed by atoms with Crippen LogP contribution in [0.25, 0.3) is 0 Å². The van der Waals surface area contributed by atoms with E-state index in [1.54, 1.807) is 0 Å². The number of hydrogen-bond acceptors (Lipinski definition) is 1. The number of carbonyl (C=O) groups excluding carboxylic acids is 1. The maximum Gasteiger partial charge on any atom is 0.221 e. The average molecular weight is 181 g/mol. The number of hydrogen-bond donors (Lipinski definition) is 1. The second kappa shape index (κ2) is 2.49. The molecule has 2 unspecified atom stereocenters. The van der Waals surface area contributed by atoms with Crippen LogP contribution in [0.4, 0.5) is 0 Å². The van der Waals surface area contributed by atoms with Gasteiger partial charge in [0.15, 0.2) is 0 Å². The van der Waals surface area contributed by atoms with Crippen molar-refractivity contribution in [2.24, 2.45) is 11.3 Å². The summed E-state index contributed by atoms with van der Waals surface area (Å²) < 4.78 is 0. The van der Waals surface area contributed by atoms with Gasteiger partial charge in [-0.3, -0.25) is 4.79 Å². The van der Waals surface area contributed by atoms with Gasteiger partial charge in [0.05, 0.1) is 0 Å². The van der Waals surface area contributed by atoms with Crippen molar-refractivity contribution in [3.63, 3.8) is 0 Å². The van der Waals surface area contributed by atoms with Crippen molar-refractivity contribution < 1.29 is 4.79 Å². The van der Waals surface area contributed by atoms with Gasteiger partial charge < -0.3 is 5.32 Å². The molecule has 0 aromatic rings. The van der Waals surface area contributed by atoms with Crippen LogP contribution in [0.1, 0.15) is 46.5 Å². The fraction of sp³-hybridized carbons (Fsp3) is 0.909. The largest absolute Gasteiger partial charge is 0.351 e. The highest BCUT2D eigenvalue weighted by Gasteiger charge is 2.54. The maximum atomic E-state index is 11.4. The van der Waals surface area contributed by atoms with Crippen LogP contribution in [0.2, 0.25) is 0 Å². The summed E-state index contributed by atoms with van der Waals surface area (Å²) in [5.41, 5.74) is 0.290. The highest BCUT2D eigenvalue weighted by atomic mass is 16.2. The van der Waals surface area contributed by atoms with E-state index in [-0.39, 0.29) is 16.9 Å². The minimum atomic E-state index is 0.0227. The Kier molecular flexibility index (Phi) is 1.73. The van der Waals surface area contributed by atoms with Crippen LogP contribution in [-0.4, -0.2) is 11.4 Å². The maximum absolute atomic E-state index is 11.4. The van der Waals surface area contributed by atoms with Crippen molar-refractivity contribution in [2.75, 3.05) is 0 Å². The van der Waals surface area contributed by atoms with E-state index in [1.807, 2.05) is 0 Å². The molecule has 2 aliphatic rings. The lowest BCUT2D eigenvalue weighted by molar-refractivity contribution is -0.119. The Hall–Kier alpha value is -0.530. The minimum Gasteiger partial charge on any atom is -0.351 e. The fourth-order valence-electron chi connectivity index (χ4n) is 3.18. The van der Waals surface area contributed by atoms with E-state index < -0.39 is 0 Å². The van der Waals surface area contributed by atoms with Gasteiger partial charge in [0.2, 0.25) is 5.91 Å². The monoisotopic (exact) mass is 181 g/mol. The molecule has 1 saturated heterocycles. The molecule has 2 rings (SSSR count). The Morgan fingerprint density at radius 1 is 1.46 bits per heavy atom. The molecule has 1 N–H and O–H groups in total. The van der Waals surface area contributed by atoms with Crippen molar-refractivity contribution >= 4 is 5.91 Å². The quantitative estimate of drug-likeness (QED) is 0.609. The Morgan fingerprint density at radius 3 is 2.54 bits per heavy atom. The SMILES string of the molecule is CC1CCC2(CC(=O)NC2(C)C)C1. The molecule has 2 fully saturated rings. The normalized spacial score (nSPS) is 42.7. The molecule has 74 valence electrons. The summed E-state index contributed by atoms with van der Waals surface area (Å²) in [6, 6.07) is 0. The first-order valence-corrected chi connectivity index (χ1v) is 5.26. The van der Waals surface area contributed by atoms with Gasteiger partial charge in [-0.2, -0.15) is 0 Å². The molecular formula is C11H19NO. The molecule has 1 saturated carbocycles.